The molecule has 1 atom stereocenters. The Hall–Kier alpha value is -0.353. The molecule has 4 heteroatoms. The predicted molar refractivity (Wildman–Crippen MR) is 54.0 cm³/mol. The molecule has 1 fully saturated rings. The zero-order valence-corrected chi connectivity index (χ0v) is 10.2. The third kappa shape index (κ3) is 3.91. The van der Waals surface area contributed by atoms with Gasteiger partial charge in [-0.15, -0.1) is 0 Å². The molecule has 3 nitrogen and oxygen atoms in total. The molecule has 13 heavy (non-hydrogen) atoms. The van der Waals surface area contributed by atoms with Crippen LogP contribution in [0.4, 0.5) is 0 Å². The molecule has 0 aromatic rings. The highest BCUT2D eigenvalue weighted by molar-refractivity contribution is 6.14. The average molecular weight is 202 g/mol. The molecule has 1 unspecified atom stereocenters. The smallest absolute Gasteiger partial charge is 0.303 e. The first-order valence-corrected chi connectivity index (χ1v) is 5.98. The highest BCUT2D eigenvalue weighted by Gasteiger charge is 2.26. The topological polar surface area (TPSA) is 46.5 Å². The van der Waals surface area contributed by atoms with Gasteiger partial charge in [-0.1, -0.05) is 0 Å². The number of ether oxygens (including phenoxy) is 1. The van der Waals surface area contributed by atoms with Crippen LogP contribution in [0.2, 0.25) is 0 Å². The molecule has 0 amide bonds. The Morgan fingerprint density at radius 3 is 2.85 bits per heavy atom. The zero-order valence-electron chi connectivity index (χ0n) is 8.21. The zero-order chi connectivity index (χ0) is 9.73. The van der Waals surface area contributed by atoms with Crippen LogP contribution in [0.25, 0.3) is 0 Å². The Balaban J connectivity index is 2.21. The van der Waals surface area contributed by atoms with Crippen molar-refractivity contribution in [3.63, 3.8) is 0 Å². The minimum Gasteiger partial charge on any atom is -0.481 e. The number of carboxylic acid groups (broad SMARTS) is 1. The van der Waals surface area contributed by atoms with Gasteiger partial charge in [0.05, 0.1) is 0 Å². The maximum absolute atomic E-state index is 10.3. The van der Waals surface area contributed by atoms with Crippen molar-refractivity contribution >= 4 is 16.2 Å². The van der Waals surface area contributed by atoms with Crippen LogP contribution in [0.1, 0.15) is 38.5 Å². The largest absolute Gasteiger partial charge is 0.481 e. The van der Waals surface area contributed by atoms with Crippen LogP contribution in [0.15, 0.2) is 0 Å². The van der Waals surface area contributed by atoms with Gasteiger partial charge in [0.1, 0.15) is 0 Å². The van der Waals surface area contributed by atoms with Crippen LogP contribution in [0, 0.1) is 0 Å². The summed E-state index contributed by atoms with van der Waals surface area (Å²) in [4.78, 5) is 10.3. The van der Waals surface area contributed by atoms with Gasteiger partial charge in [0, 0.05) is 28.5 Å². The Kier molecular flexibility index (Phi) is 3.93. The Labute approximate surface area is 81.9 Å². The summed E-state index contributed by atoms with van der Waals surface area (Å²) in [6.07, 6.45) is 5.54. The van der Waals surface area contributed by atoms with Crippen LogP contribution >= 0.6 is 0 Å². The van der Waals surface area contributed by atoms with Crippen molar-refractivity contribution in [1.29, 1.82) is 0 Å². The molecule has 76 valence electrons. The van der Waals surface area contributed by atoms with Gasteiger partial charge in [0.2, 0.25) is 0 Å². The van der Waals surface area contributed by atoms with Gasteiger partial charge >= 0.3 is 5.97 Å². The molecule has 1 N–H and O–H groups in total. The van der Waals surface area contributed by atoms with E-state index in [0.717, 1.165) is 36.1 Å². The fourth-order valence-electron chi connectivity index (χ4n) is 1.80. The summed E-state index contributed by atoms with van der Waals surface area (Å²) in [5.41, 5.74) is 0. The highest BCUT2D eigenvalue weighted by atomic mass is 28.1. The van der Waals surface area contributed by atoms with Crippen LogP contribution in [-0.4, -0.2) is 33.1 Å². The molecular formula is C9H18O3Si. The van der Waals surface area contributed by atoms with Gasteiger partial charge in [0.25, 0.3) is 0 Å². The van der Waals surface area contributed by atoms with Crippen LogP contribution in [-0.2, 0) is 9.53 Å². The number of hydrogen-bond donors (Lipinski definition) is 1. The maximum Gasteiger partial charge on any atom is 0.303 e. The minimum atomic E-state index is -0.693. The monoisotopic (exact) mass is 202 g/mol. The lowest BCUT2D eigenvalue weighted by atomic mass is 10.0. The van der Waals surface area contributed by atoms with Crippen molar-refractivity contribution in [2.24, 2.45) is 0 Å². The van der Waals surface area contributed by atoms with Crippen LogP contribution in [0.3, 0.4) is 0 Å². The molecule has 0 aliphatic carbocycles. The molecule has 1 saturated heterocycles. The van der Waals surface area contributed by atoms with E-state index in [2.05, 4.69) is 0 Å². The van der Waals surface area contributed by atoms with Crippen molar-refractivity contribution in [2.75, 3.05) is 6.61 Å². The first-order chi connectivity index (χ1) is 6.12. The van der Waals surface area contributed by atoms with Crippen molar-refractivity contribution < 1.29 is 14.6 Å². The Bertz CT molecular complexity index is 176. The van der Waals surface area contributed by atoms with Crippen molar-refractivity contribution in [2.45, 2.75) is 43.7 Å². The minimum absolute atomic E-state index is 0.0910. The summed E-state index contributed by atoms with van der Waals surface area (Å²) in [5.74, 6) is -0.693. The number of hydrogen-bond acceptors (Lipinski definition) is 2. The first-order valence-electron chi connectivity index (χ1n) is 4.98. The molecule has 0 aromatic carbocycles. The van der Waals surface area contributed by atoms with Gasteiger partial charge < -0.3 is 9.84 Å². The molecule has 1 aliphatic rings. The quantitative estimate of drug-likeness (QED) is 0.675. The normalized spacial score (nSPS) is 28.9. The fourth-order valence-corrected chi connectivity index (χ4v) is 2.71. The number of rotatable bonds is 4. The summed E-state index contributed by atoms with van der Waals surface area (Å²) in [6.45, 7) is 0.872. The lowest BCUT2D eigenvalue weighted by molar-refractivity contribution is -0.137. The molecule has 0 spiro atoms. The summed E-state index contributed by atoms with van der Waals surface area (Å²) >= 11 is 0. The van der Waals surface area contributed by atoms with Crippen molar-refractivity contribution in [1.82, 2.24) is 0 Å². The van der Waals surface area contributed by atoms with Crippen LogP contribution < -0.4 is 0 Å². The standard InChI is InChI=1S/C9H18O3Si/c10-8(11)4-3-6-9(13)5-1-2-7-12-9/h1-7H2,13H3,(H,10,11). The molecule has 0 saturated carbocycles. The van der Waals surface area contributed by atoms with E-state index >= 15 is 0 Å². The summed E-state index contributed by atoms with van der Waals surface area (Å²) in [6, 6.07) is 0. The molecule has 0 radical (unpaired) electrons. The van der Waals surface area contributed by atoms with E-state index in [9.17, 15) is 4.79 Å². The lowest BCUT2D eigenvalue weighted by Crippen LogP contribution is -2.36. The summed E-state index contributed by atoms with van der Waals surface area (Å²) < 4.78 is 5.72. The van der Waals surface area contributed by atoms with Gasteiger partial charge in [-0.05, 0) is 32.1 Å². The molecule has 1 heterocycles. The second kappa shape index (κ2) is 4.76. The third-order valence-electron chi connectivity index (χ3n) is 2.65. The van der Waals surface area contributed by atoms with Crippen molar-refractivity contribution in [3.05, 3.63) is 0 Å². The van der Waals surface area contributed by atoms with E-state index < -0.39 is 5.97 Å². The van der Waals surface area contributed by atoms with E-state index in [1.54, 1.807) is 0 Å². The van der Waals surface area contributed by atoms with E-state index in [1.807, 2.05) is 0 Å². The molecule has 0 aromatic heterocycles. The van der Waals surface area contributed by atoms with E-state index in [0.29, 0.717) is 0 Å². The second-order valence-electron chi connectivity index (χ2n) is 4.00. The van der Waals surface area contributed by atoms with E-state index in [1.165, 1.54) is 12.8 Å². The van der Waals surface area contributed by atoms with Crippen molar-refractivity contribution in [3.8, 4) is 0 Å². The van der Waals surface area contributed by atoms with E-state index in [4.69, 9.17) is 9.84 Å². The molecule has 1 aliphatic heterocycles. The number of aliphatic carboxylic acids is 1. The first kappa shape index (κ1) is 10.7. The van der Waals surface area contributed by atoms with Gasteiger partial charge in [-0.3, -0.25) is 4.79 Å². The molecular weight excluding hydrogens is 184 g/mol. The van der Waals surface area contributed by atoms with Crippen LogP contribution in [0.5, 0.6) is 0 Å². The predicted octanol–water partition coefficient (Wildman–Crippen LogP) is 0.504. The summed E-state index contributed by atoms with van der Waals surface area (Å²) in [5, 5.41) is 8.59. The fraction of sp³-hybridized carbons (Fsp3) is 0.889. The van der Waals surface area contributed by atoms with Gasteiger partial charge in [0.15, 0.2) is 0 Å². The lowest BCUT2D eigenvalue weighted by Gasteiger charge is -2.34. The SMILES string of the molecule is O=C(O)CCCC1([SiH3])CCCCO1. The molecule has 1 rings (SSSR count). The van der Waals surface area contributed by atoms with E-state index in [-0.39, 0.29) is 11.6 Å². The van der Waals surface area contributed by atoms with Gasteiger partial charge in [-0.2, -0.15) is 0 Å². The Morgan fingerprint density at radius 1 is 1.54 bits per heavy atom. The van der Waals surface area contributed by atoms with Gasteiger partial charge in [-0.25, -0.2) is 0 Å². The number of carboxylic acids is 1. The average Bonchev–Trinajstić information content (AvgIpc) is 2.04. The third-order valence-corrected chi connectivity index (χ3v) is 3.94. The Morgan fingerprint density at radius 2 is 2.31 bits per heavy atom. The molecule has 0 bridgehead atoms. The number of carbonyl (C=O) groups is 1. The second-order valence-corrected chi connectivity index (χ2v) is 5.83. The maximum atomic E-state index is 10.3. The summed E-state index contributed by atoms with van der Waals surface area (Å²) in [7, 11) is 1.02. The highest BCUT2D eigenvalue weighted by Crippen LogP contribution is 2.26.